The maximum atomic E-state index is 5.03. The van der Waals surface area contributed by atoms with Gasteiger partial charge in [-0.05, 0) is 69.0 Å². The minimum absolute atomic E-state index is 0.464. The summed E-state index contributed by atoms with van der Waals surface area (Å²) in [6, 6.07) is 8.69. The number of piperidine rings is 1. The zero-order valence-corrected chi connectivity index (χ0v) is 16.2. The maximum Gasteiger partial charge on any atom is 0.187 e. The number of nitrogens with one attached hydrogen (secondary N) is 2. The van der Waals surface area contributed by atoms with E-state index in [1.165, 1.54) is 12.8 Å². The Hall–Kier alpha value is -3.17. The highest BCUT2D eigenvalue weighted by Crippen LogP contribution is 2.38. The first-order valence-corrected chi connectivity index (χ1v) is 10.4. The molecule has 1 aliphatic heterocycles. The van der Waals surface area contributed by atoms with Crippen molar-refractivity contribution in [3.05, 3.63) is 42.5 Å². The smallest absolute Gasteiger partial charge is 0.187 e. The summed E-state index contributed by atoms with van der Waals surface area (Å²) in [6.07, 6.45) is 8.34. The van der Waals surface area contributed by atoms with E-state index < -0.39 is 0 Å². The Balaban J connectivity index is 1.46. The second-order valence-corrected chi connectivity index (χ2v) is 7.97. The minimum Gasteiger partial charge on any atom is -0.346 e. The van der Waals surface area contributed by atoms with Gasteiger partial charge in [0.2, 0.25) is 0 Å². The van der Waals surface area contributed by atoms with Crippen LogP contribution in [0.15, 0.2) is 36.7 Å². The average molecular weight is 382 g/mol. The predicted octanol–water partition coefficient (Wildman–Crippen LogP) is 3.66. The first kappa shape index (κ1) is 16.8. The van der Waals surface area contributed by atoms with E-state index in [1.54, 1.807) is 0 Å². The van der Waals surface area contributed by atoms with Crippen LogP contribution in [0.1, 0.15) is 37.5 Å². The molecular formula is C23H22N6. The van der Waals surface area contributed by atoms with Gasteiger partial charge in [-0.3, -0.25) is 4.57 Å². The van der Waals surface area contributed by atoms with Gasteiger partial charge in [0.15, 0.2) is 11.5 Å². The number of hydrogen-bond donors (Lipinski definition) is 2. The predicted molar refractivity (Wildman–Crippen MR) is 113 cm³/mol. The van der Waals surface area contributed by atoms with E-state index in [1.807, 2.05) is 18.5 Å². The lowest BCUT2D eigenvalue weighted by atomic mass is 9.99. The van der Waals surface area contributed by atoms with Gasteiger partial charge >= 0.3 is 0 Å². The van der Waals surface area contributed by atoms with Gasteiger partial charge in [-0.1, -0.05) is 5.92 Å². The highest BCUT2D eigenvalue weighted by molar-refractivity contribution is 5.92. The lowest BCUT2D eigenvalue weighted by Gasteiger charge is -2.17. The summed E-state index contributed by atoms with van der Waals surface area (Å²) >= 11 is 0. The summed E-state index contributed by atoms with van der Waals surface area (Å²) in [5.74, 6) is 8.20. The fraction of sp³-hybridized carbons (Fsp3) is 0.348. The number of aromatic amines is 1. The van der Waals surface area contributed by atoms with E-state index in [2.05, 4.69) is 49.9 Å². The molecule has 2 N–H and O–H groups in total. The fourth-order valence-electron chi connectivity index (χ4n) is 4.21. The number of rotatable bonds is 2. The van der Waals surface area contributed by atoms with Gasteiger partial charge in [-0.25, -0.2) is 15.0 Å². The normalized spacial score (nSPS) is 17.5. The van der Waals surface area contributed by atoms with Crippen molar-refractivity contribution in [2.45, 2.75) is 31.7 Å². The Kier molecular flexibility index (Phi) is 3.88. The minimum atomic E-state index is 0.464. The first-order valence-electron chi connectivity index (χ1n) is 10.4. The SMILES string of the molecule is C(#CC1CCNCC1)c1nc2ccc(-c3ccnc4[nH]ccc34)nc2n1C1CC1. The third kappa shape index (κ3) is 2.99. The third-order valence-electron chi connectivity index (χ3n) is 5.91. The zero-order chi connectivity index (χ0) is 19.2. The van der Waals surface area contributed by atoms with Crippen LogP contribution >= 0.6 is 0 Å². The van der Waals surface area contributed by atoms with Gasteiger partial charge < -0.3 is 10.3 Å². The van der Waals surface area contributed by atoms with Crippen molar-refractivity contribution < 1.29 is 0 Å². The molecule has 1 saturated heterocycles. The summed E-state index contributed by atoms with van der Waals surface area (Å²) in [5, 5.41) is 4.49. The van der Waals surface area contributed by atoms with Crippen LogP contribution in [0.5, 0.6) is 0 Å². The summed E-state index contributed by atoms with van der Waals surface area (Å²) < 4.78 is 2.27. The van der Waals surface area contributed by atoms with Crippen LogP contribution in [0.25, 0.3) is 33.5 Å². The van der Waals surface area contributed by atoms with Crippen molar-refractivity contribution in [2.24, 2.45) is 5.92 Å². The summed E-state index contributed by atoms with van der Waals surface area (Å²) in [5.41, 5.74) is 4.79. The number of imidazole rings is 1. The molecule has 0 atom stereocenters. The summed E-state index contributed by atoms with van der Waals surface area (Å²) in [4.78, 5) is 17.4. The van der Waals surface area contributed by atoms with E-state index in [0.717, 1.165) is 65.2 Å². The Labute approximate surface area is 168 Å². The van der Waals surface area contributed by atoms with Gasteiger partial charge in [0.25, 0.3) is 0 Å². The number of fused-ring (bicyclic) bond motifs is 2. The van der Waals surface area contributed by atoms with Crippen LogP contribution in [0.3, 0.4) is 0 Å². The maximum absolute atomic E-state index is 5.03. The second kappa shape index (κ2) is 6.71. The largest absolute Gasteiger partial charge is 0.346 e. The van der Waals surface area contributed by atoms with Crippen molar-refractivity contribution in [1.29, 1.82) is 0 Å². The Morgan fingerprint density at radius 3 is 2.76 bits per heavy atom. The van der Waals surface area contributed by atoms with E-state index in [0.29, 0.717) is 12.0 Å². The van der Waals surface area contributed by atoms with Crippen LogP contribution < -0.4 is 5.32 Å². The Morgan fingerprint density at radius 2 is 1.90 bits per heavy atom. The lowest BCUT2D eigenvalue weighted by molar-refractivity contribution is 0.447. The van der Waals surface area contributed by atoms with E-state index in [9.17, 15) is 0 Å². The number of hydrogen-bond acceptors (Lipinski definition) is 4. The van der Waals surface area contributed by atoms with Crippen LogP contribution in [0.2, 0.25) is 0 Å². The van der Waals surface area contributed by atoms with Crippen LogP contribution in [-0.4, -0.2) is 37.6 Å². The molecule has 2 fully saturated rings. The molecule has 0 radical (unpaired) electrons. The zero-order valence-electron chi connectivity index (χ0n) is 16.2. The molecule has 5 heterocycles. The molecule has 0 bridgehead atoms. The summed E-state index contributed by atoms with van der Waals surface area (Å²) in [7, 11) is 0. The van der Waals surface area contributed by atoms with Crippen molar-refractivity contribution in [1.82, 2.24) is 29.8 Å². The molecule has 1 saturated carbocycles. The number of nitrogens with zero attached hydrogens (tertiary/aromatic N) is 4. The quantitative estimate of drug-likeness (QED) is 0.519. The Morgan fingerprint density at radius 1 is 1.00 bits per heavy atom. The van der Waals surface area contributed by atoms with Gasteiger partial charge in [0.1, 0.15) is 11.2 Å². The van der Waals surface area contributed by atoms with Crippen LogP contribution in [-0.2, 0) is 0 Å². The van der Waals surface area contributed by atoms with Crippen molar-refractivity contribution in [3.8, 4) is 23.1 Å². The Bertz CT molecular complexity index is 1260. The van der Waals surface area contributed by atoms with Crippen LogP contribution in [0.4, 0.5) is 0 Å². The molecule has 1 aliphatic carbocycles. The standard InChI is InChI=1S/C23H22N6/c1(15-7-11-24-12-8-15)6-21-27-20-5-4-19(28-23(20)29(21)16-2-3-16)17-9-13-25-22-18(17)10-14-26-22/h4-5,9-10,13-16,24H,2-3,7-8,11-12H2,(H,25,26). The van der Waals surface area contributed by atoms with Gasteiger partial charge in [-0.2, -0.15) is 0 Å². The average Bonchev–Trinajstić information content (AvgIpc) is 3.36. The topological polar surface area (TPSA) is 71.4 Å². The first-order chi connectivity index (χ1) is 14.4. The fourth-order valence-corrected chi connectivity index (χ4v) is 4.21. The number of aromatic nitrogens is 5. The van der Waals surface area contributed by atoms with Gasteiger partial charge in [0, 0.05) is 35.3 Å². The molecule has 0 unspecified atom stereocenters. The molecule has 4 aromatic rings. The highest BCUT2D eigenvalue weighted by atomic mass is 15.2. The molecule has 0 spiro atoms. The van der Waals surface area contributed by atoms with E-state index in [-0.39, 0.29) is 0 Å². The van der Waals surface area contributed by atoms with E-state index in [4.69, 9.17) is 9.97 Å². The van der Waals surface area contributed by atoms with Crippen LogP contribution in [0, 0.1) is 17.8 Å². The van der Waals surface area contributed by atoms with Gasteiger partial charge in [-0.15, -0.1) is 0 Å². The molecule has 144 valence electrons. The molecule has 6 rings (SSSR count). The molecular weight excluding hydrogens is 360 g/mol. The molecule has 6 nitrogen and oxygen atoms in total. The van der Waals surface area contributed by atoms with Crippen molar-refractivity contribution in [2.75, 3.05) is 13.1 Å². The van der Waals surface area contributed by atoms with Gasteiger partial charge in [0.05, 0.1) is 5.69 Å². The van der Waals surface area contributed by atoms with Crippen molar-refractivity contribution in [3.63, 3.8) is 0 Å². The highest BCUT2D eigenvalue weighted by Gasteiger charge is 2.29. The van der Waals surface area contributed by atoms with Crippen molar-refractivity contribution >= 4 is 22.2 Å². The summed E-state index contributed by atoms with van der Waals surface area (Å²) in [6.45, 7) is 2.12. The molecule has 0 amide bonds. The number of H-pyrrole nitrogens is 1. The van der Waals surface area contributed by atoms with E-state index >= 15 is 0 Å². The molecule has 0 aromatic carbocycles. The molecule has 6 heteroatoms. The lowest BCUT2D eigenvalue weighted by Crippen LogP contribution is -2.26. The third-order valence-corrected chi connectivity index (χ3v) is 5.91. The molecule has 2 aliphatic rings. The second-order valence-electron chi connectivity index (χ2n) is 7.97. The molecule has 4 aromatic heterocycles. The number of pyridine rings is 2. The molecule has 29 heavy (non-hydrogen) atoms. The monoisotopic (exact) mass is 382 g/mol.